The van der Waals surface area contributed by atoms with Gasteiger partial charge in [0.2, 0.25) is 0 Å². The first-order chi connectivity index (χ1) is 10.5. The third-order valence-electron chi connectivity index (χ3n) is 3.60. The molecule has 0 atom stereocenters. The van der Waals surface area contributed by atoms with E-state index in [0.29, 0.717) is 18.4 Å². The van der Waals surface area contributed by atoms with Crippen LogP contribution in [-0.2, 0) is 6.61 Å². The second-order valence-electron chi connectivity index (χ2n) is 5.55. The van der Waals surface area contributed by atoms with Crippen LogP contribution in [0.2, 0.25) is 5.02 Å². The maximum atomic E-state index is 12.9. The molecular weight excluding hydrogens is 301 g/mol. The van der Waals surface area contributed by atoms with Crippen LogP contribution >= 0.6 is 11.6 Å². The minimum Gasteiger partial charge on any atom is -0.487 e. The molecule has 1 aromatic heterocycles. The van der Waals surface area contributed by atoms with Crippen molar-refractivity contribution < 1.29 is 9.13 Å². The normalized spacial score (nSPS) is 11.3. The van der Waals surface area contributed by atoms with Gasteiger partial charge in [0, 0.05) is 16.5 Å². The zero-order chi connectivity index (χ0) is 15.7. The molecule has 0 unspecified atom stereocenters. The fraction of sp³-hybridized carbons (Fsp3) is 0.222. The van der Waals surface area contributed by atoms with Gasteiger partial charge in [-0.2, -0.15) is 0 Å². The fourth-order valence-corrected chi connectivity index (χ4v) is 2.83. The topological polar surface area (TPSA) is 14.2 Å². The summed E-state index contributed by atoms with van der Waals surface area (Å²) >= 11 is 6.11. The molecule has 0 saturated carbocycles. The van der Waals surface area contributed by atoms with Gasteiger partial charge in [-0.25, -0.2) is 4.39 Å². The van der Waals surface area contributed by atoms with Gasteiger partial charge >= 0.3 is 0 Å². The van der Waals surface area contributed by atoms with Crippen molar-refractivity contribution >= 4 is 22.5 Å². The highest BCUT2D eigenvalue weighted by molar-refractivity contribution is 6.31. The van der Waals surface area contributed by atoms with Gasteiger partial charge < -0.3 is 9.30 Å². The Kier molecular flexibility index (Phi) is 4.08. The van der Waals surface area contributed by atoms with Crippen molar-refractivity contribution in [1.29, 1.82) is 0 Å². The summed E-state index contributed by atoms with van der Waals surface area (Å²) in [5.74, 6) is 0.387. The molecule has 3 aromatic rings. The maximum Gasteiger partial charge on any atom is 0.128 e. The highest BCUT2D eigenvalue weighted by Gasteiger charge is 2.12. The number of halogens is 2. The molecule has 0 aliphatic rings. The van der Waals surface area contributed by atoms with Crippen molar-refractivity contribution in [2.75, 3.05) is 0 Å². The molecule has 3 rings (SSSR count). The summed E-state index contributed by atoms with van der Waals surface area (Å²) in [7, 11) is 0. The molecule has 114 valence electrons. The fourth-order valence-electron chi connectivity index (χ4n) is 2.66. The third kappa shape index (κ3) is 2.95. The van der Waals surface area contributed by atoms with E-state index in [1.165, 1.54) is 12.1 Å². The number of fused-ring (bicyclic) bond motifs is 1. The molecule has 2 nitrogen and oxygen atoms in total. The molecule has 0 spiro atoms. The predicted molar refractivity (Wildman–Crippen MR) is 88.1 cm³/mol. The first-order valence-corrected chi connectivity index (χ1v) is 7.60. The lowest BCUT2D eigenvalue weighted by Crippen LogP contribution is -2.08. The average Bonchev–Trinajstić information content (AvgIpc) is 2.84. The SMILES string of the molecule is CC(C)n1c(COc2ccc(F)cc2)cc2ccc(Cl)cc21. The maximum absolute atomic E-state index is 12.9. The van der Waals surface area contributed by atoms with Crippen molar-refractivity contribution in [3.8, 4) is 5.75 Å². The van der Waals surface area contributed by atoms with Gasteiger partial charge in [0.05, 0.1) is 11.2 Å². The standard InChI is InChI=1S/C18H17ClFNO/c1-12(2)21-16(9-13-3-4-14(19)10-18(13)21)11-22-17-7-5-15(20)6-8-17/h3-10,12H,11H2,1-2H3. The average molecular weight is 318 g/mol. The van der Waals surface area contributed by atoms with E-state index < -0.39 is 0 Å². The molecule has 0 fully saturated rings. The number of benzene rings is 2. The number of hydrogen-bond acceptors (Lipinski definition) is 1. The molecule has 0 radical (unpaired) electrons. The molecule has 1 heterocycles. The second-order valence-corrected chi connectivity index (χ2v) is 5.98. The second kappa shape index (κ2) is 6.01. The monoisotopic (exact) mass is 317 g/mol. The van der Waals surface area contributed by atoms with Crippen LogP contribution in [0.4, 0.5) is 4.39 Å². The van der Waals surface area contributed by atoms with Crippen LogP contribution in [0.15, 0.2) is 48.5 Å². The van der Waals surface area contributed by atoms with Crippen LogP contribution in [0.25, 0.3) is 10.9 Å². The summed E-state index contributed by atoms with van der Waals surface area (Å²) in [6, 6.07) is 14.3. The Balaban J connectivity index is 1.92. The molecule has 0 bridgehead atoms. The van der Waals surface area contributed by atoms with E-state index in [-0.39, 0.29) is 5.82 Å². The van der Waals surface area contributed by atoms with Crippen molar-refractivity contribution in [2.45, 2.75) is 26.5 Å². The molecular formula is C18H17ClFNO. The summed E-state index contributed by atoms with van der Waals surface area (Å²) in [4.78, 5) is 0. The minimum absolute atomic E-state index is 0.265. The number of nitrogens with zero attached hydrogens (tertiary/aromatic N) is 1. The predicted octanol–water partition coefficient (Wildman–Crippen LogP) is 5.59. The Morgan fingerprint density at radius 2 is 1.82 bits per heavy atom. The number of ether oxygens (including phenoxy) is 1. The van der Waals surface area contributed by atoms with Gasteiger partial charge in [-0.3, -0.25) is 0 Å². The summed E-state index contributed by atoms with van der Waals surface area (Å²) in [5, 5.41) is 1.86. The molecule has 22 heavy (non-hydrogen) atoms. The third-order valence-corrected chi connectivity index (χ3v) is 3.84. The Labute approximate surface area is 134 Å². The molecule has 0 aliphatic heterocycles. The first kappa shape index (κ1) is 14.9. The lowest BCUT2D eigenvalue weighted by atomic mass is 10.2. The largest absolute Gasteiger partial charge is 0.487 e. The van der Waals surface area contributed by atoms with Crippen molar-refractivity contribution in [3.63, 3.8) is 0 Å². The summed E-state index contributed by atoms with van der Waals surface area (Å²) in [5.41, 5.74) is 2.16. The molecule has 0 N–H and O–H groups in total. The van der Waals surface area contributed by atoms with E-state index in [1.807, 2.05) is 18.2 Å². The van der Waals surface area contributed by atoms with Gasteiger partial charge in [0.25, 0.3) is 0 Å². The van der Waals surface area contributed by atoms with Crippen LogP contribution in [-0.4, -0.2) is 4.57 Å². The Morgan fingerprint density at radius 1 is 1.09 bits per heavy atom. The van der Waals surface area contributed by atoms with Crippen LogP contribution in [0.1, 0.15) is 25.6 Å². The lowest BCUT2D eigenvalue weighted by Gasteiger charge is -2.15. The van der Waals surface area contributed by atoms with Crippen LogP contribution in [0.3, 0.4) is 0 Å². The molecule has 4 heteroatoms. The van der Waals surface area contributed by atoms with E-state index in [4.69, 9.17) is 16.3 Å². The summed E-state index contributed by atoms with van der Waals surface area (Å²) in [6.07, 6.45) is 0. The zero-order valence-corrected chi connectivity index (χ0v) is 13.3. The van der Waals surface area contributed by atoms with Gasteiger partial charge in [0.15, 0.2) is 0 Å². The van der Waals surface area contributed by atoms with Crippen molar-refractivity contribution in [3.05, 3.63) is 65.1 Å². The number of aromatic nitrogens is 1. The van der Waals surface area contributed by atoms with Gasteiger partial charge in [-0.05, 0) is 56.3 Å². The highest BCUT2D eigenvalue weighted by atomic mass is 35.5. The number of rotatable bonds is 4. The van der Waals surface area contributed by atoms with Crippen molar-refractivity contribution in [2.24, 2.45) is 0 Å². The summed E-state index contributed by atoms with van der Waals surface area (Å²) < 4.78 is 20.9. The Hall–Kier alpha value is -2.00. The Morgan fingerprint density at radius 3 is 2.50 bits per heavy atom. The van der Waals surface area contributed by atoms with Crippen LogP contribution in [0.5, 0.6) is 5.75 Å². The van der Waals surface area contributed by atoms with Gasteiger partial charge in [-0.15, -0.1) is 0 Å². The zero-order valence-electron chi connectivity index (χ0n) is 12.5. The molecule has 0 aliphatic carbocycles. The van der Waals surface area contributed by atoms with Gasteiger partial charge in [-0.1, -0.05) is 17.7 Å². The quantitative estimate of drug-likeness (QED) is 0.611. The van der Waals surface area contributed by atoms with E-state index >= 15 is 0 Å². The Bertz CT molecular complexity index is 793. The lowest BCUT2D eigenvalue weighted by molar-refractivity contribution is 0.292. The van der Waals surface area contributed by atoms with E-state index in [1.54, 1.807) is 12.1 Å². The number of hydrogen-bond donors (Lipinski definition) is 0. The van der Waals surface area contributed by atoms with Crippen molar-refractivity contribution in [1.82, 2.24) is 4.57 Å². The van der Waals surface area contributed by atoms with Crippen LogP contribution < -0.4 is 4.74 Å². The van der Waals surface area contributed by atoms with E-state index in [0.717, 1.165) is 21.6 Å². The summed E-state index contributed by atoms with van der Waals surface area (Å²) in [6.45, 7) is 4.68. The molecule has 2 aromatic carbocycles. The highest BCUT2D eigenvalue weighted by Crippen LogP contribution is 2.27. The molecule has 0 amide bonds. The molecule has 0 saturated heterocycles. The van der Waals surface area contributed by atoms with Gasteiger partial charge in [0.1, 0.15) is 18.2 Å². The van der Waals surface area contributed by atoms with E-state index in [9.17, 15) is 4.39 Å². The van der Waals surface area contributed by atoms with Crippen LogP contribution in [0, 0.1) is 5.82 Å². The smallest absolute Gasteiger partial charge is 0.128 e. The first-order valence-electron chi connectivity index (χ1n) is 7.22. The van der Waals surface area contributed by atoms with E-state index in [2.05, 4.69) is 24.5 Å². The minimum atomic E-state index is -0.265.